The number of halogens is 1. The van der Waals surface area contributed by atoms with E-state index in [2.05, 4.69) is 0 Å². The summed E-state index contributed by atoms with van der Waals surface area (Å²) in [6.07, 6.45) is 1.97. The lowest BCUT2D eigenvalue weighted by molar-refractivity contribution is -0.384. The van der Waals surface area contributed by atoms with Gasteiger partial charge >= 0.3 is 0 Å². The van der Waals surface area contributed by atoms with Crippen LogP contribution >= 0.6 is 23.4 Å². The van der Waals surface area contributed by atoms with Gasteiger partial charge in [0, 0.05) is 17.9 Å². The number of nitrogens with zero attached hydrogens (tertiary/aromatic N) is 1. The van der Waals surface area contributed by atoms with Gasteiger partial charge in [-0.2, -0.15) is 11.8 Å². The SMILES string of the molecule is CSCCOc1ccc([N+](=O)[O-])cc1Cl. The van der Waals surface area contributed by atoms with Gasteiger partial charge in [-0.1, -0.05) is 11.6 Å². The normalized spacial score (nSPS) is 10.0. The summed E-state index contributed by atoms with van der Waals surface area (Å²) in [6, 6.07) is 4.18. The number of nitro groups is 1. The summed E-state index contributed by atoms with van der Waals surface area (Å²) in [4.78, 5) is 9.94. The van der Waals surface area contributed by atoms with Crippen LogP contribution in [0.5, 0.6) is 5.75 Å². The summed E-state index contributed by atoms with van der Waals surface area (Å²) in [7, 11) is 0. The minimum absolute atomic E-state index is 0.0304. The molecule has 0 saturated carbocycles. The van der Waals surface area contributed by atoms with Crippen molar-refractivity contribution in [1.82, 2.24) is 0 Å². The summed E-state index contributed by atoms with van der Waals surface area (Å²) < 4.78 is 5.34. The Balaban J connectivity index is 2.70. The molecule has 0 heterocycles. The molecule has 0 aliphatic rings. The average Bonchev–Trinajstić information content (AvgIpc) is 2.20. The first-order valence-corrected chi connectivity index (χ1v) is 5.98. The molecule has 0 amide bonds. The number of hydrogen-bond acceptors (Lipinski definition) is 4. The molecule has 0 atom stereocenters. The summed E-state index contributed by atoms with van der Waals surface area (Å²) in [6.45, 7) is 0.540. The largest absolute Gasteiger partial charge is 0.491 e. The monoisotopic (exact) mass is 247 g/mol. The number of non-ortho nitro benzene ring substituents is 1. The van der Waals surface area contributed by atoms with Crippen LogP contribution < -0.4 is 4.74 Å². The predicted octanol–water partition coefficient (Wildman–Crippen LogP) is 2.99. The highest BCUT2D eigenvalue weighted by Crippen LogP contribution is 2.28. The number of ether oxygens (including phenoxy) is 1. The van der Waals surface area contributed by atoms with Crippen LogP contribution in [-0.4, -0.2) is 23.5 Å². The molecule has 0 radical (unpaired) electrons. The van der Waals surface area contributed by atoms with Gasteiger partial charge in [0.15, 0.2) is 0 Å². The van der Waals surface area contributed by atoms with Crippen LogP contribution in [0, 0.1) is 10.1 Å². The minimum Gasteiger partial charge on any atom is -0.491 e. The van der Waals surface area contributed by atoms with Crippen LogP contribution in [0.15, 0.2) is 18.2 Å². The van der Waals surface area contributed by atoms with Crippen molar-refractivity contribution in [2.75, 3.05) is 18.6 Å². The van der Waals surface area contributed by atoms with Gasteiger partial charge in [0.25, 0.3) is 5.69 Å². The van der Waals surface area contributed by atoms with Gasteiger partial charge in [0.2, 0.25) is 0 Å². The Bertz CT molecular complexity index is 359. The molecule has 82 valence electrons. The third-order valence-corrected chi connectivity index (χ3v) is 2.54. The summed E-state index contributed by atoms with van der Waals surface area (Å²) in [5.41, 5.74) is -0.0304. The maximum Gasteiger partial charge on any atom is 0.271 e. The van der Waals surface area contributed by atoms with Crippen LogP contribution in [-0.2, 0) is 0 Å². The Morgan fingerprint density at radius 3 is 2.87 bits per heavy atom. The first-order valence-electron chi connectivity index (χ1n) is 4.21. The Hall–Kier alpha value is -0.940. The van der Waals surface area contributed by atoms with Crippen molar-refractivity contribution >= 4 is 29.1 Å². The molecule has 6 heteroatoms. The first-order chi connectivity index (χ1) is 7.15. The van der Waals surface area contributed by atoms with Crippen molar-refractivity contribution < 1.29 is 9.66 Å². The molecule has 0 bridgehead atoms. The van der Waals surface area contributed by atoms with E-state index in [1.165, 1.54) is 18.2 Å². The lowest BCUT2D eigenvalue weighted by Gasteiger charge is -2.06. The lowest BCUT2D eigenvalue weighted by Crippen LogP contribution is -2.00. The predicted molar refractivity (Wildman–Crippen MR) is 62.0 cm³/mol. The maximum absolute atomic E-state index is 10.4. The molecule has 0 aromatic heterocycles. The van der Waals surface area contributed by atoms with Crippen molar-refractivity contribution in [1.29, 1.82) is 0 Å². The van der Waals surface area contributed by atoms with E-state index >= 15 is 0 Å². The zero-order chi connectivity index (χ0) is 11.3. The highest BCUT2D eigenvalue weighted by Gasteiger charge is 2.09. The number of hydrogen-bond donors (Lipinski definition) is 0. The second-order valence-corrected chi connectivity index (χ2v) is 4.11. The minimum atomic E-state index is -0.489. The van der Waals surface area contributed by atoms with Gasteiger partial charge in [-0.25, -0.2) is 0 Å². The van der Waals surface area contributed by atoms with E-state index in [-0.39, 0.29) is 10.7 Å². The Morgan fingerprint density at radius 2 is 2.33 bits per heavy atom. The van der Waals surface area contributed by atoms with Crippen LogP contribution in [0.1, 0.15) is 0 Å². The van der Waals surface area contributed by atoms with Crippen molar-refractivity contribution in [3.63, 3.8) is 0 Å². The second-order valence-electron chi connectivity index (χ2n) is 2.71. The number of benzene rings is 1. The van der Waals surface area contributed by atoms with Crippen molar-refractivity contribution in [2.24, 2.45) is 0 Å². The van der Waals surface area contributed by atoms with E-state index in [0.717, 1.165) is 5.75 Å². The van der Waals surface area contributed by atoms with Gasteiger partial charge in [-0.05, 0) is 12.3 Å². The summed E-state index contributed by atoms with van der Waals surface area (Å²) >= 11 is 7.47. The Kier molecular flexibility index (Phi) is 4.71. The Morgan fingerprint density at radius 1 is 1.60 bits per heavy atom. The molecule has 0 spiro atoms. The standard InChI is InChI=1S/C9H10ClNO3S/c1-15-5-4-14-9-3-2-7(11(12)13)6-8(9)10/h2-3,6H,4-5H2,1H3. The molecule has 15 heavy (non-hydrogen) atoms. The number of thioether (sulfide) groups is 1. The fourth-order valence-electron chi connectivity index (χ4n) is 0.955. The van der Waals surface area contributed by atoms with Gasteiger partial charge in [0.05, 0.1) is 16.6 Å². The molecular formula is C9H10ClNO3S. The van der Waals surface area contributed by atoms with E-state index in [9.17, 15) is 10.1 Å². The molecule has 0 aliphatic carbocycles. The quantitative estimate of drug-likeness (QED) is 0.456. The fraction of sp³-hybridized carbons (Fsp3) is 0.333. The lowest BCUT2D eigenvalue weighted by atomic mass is 10.3. The zero-order valence-corrected chi connectivity index (χ0v) is 9.68. The highest BCUT2D eigenvalue weighted by molar-refractivity contribution is 7.98. The fourth-order valence-corrected chi connectivity index (χ4v) is 1.43. The van der Waals surface area contributed by atoms with Crippen LogP contribution in [0.2, 0.25) is 5.02 Å². The Labute approximate surface area is 96.7 Å². The van der Waals surface area contributed by atoms with E-state index in [4.69, 9.17) is 16.3 Å². The molecule has 0 fully saturated rings. The second kappa shape index (κ2) is 5.82. The summed E-state index contributed by atoms with van der Waals surface area (Å²) in [5, 5.41) is 10.7. The van der Waals surface area contributed by atoms with Gasteiger partial charge in [0.1, 0.15) is 5.75 Å². The van der Waals surface area contributed by atoms with E-state index < -0.39 is 4.92 Å². The highest BCUT2D eigenvalue weighted by atomic mass is 35.5. The first kappa shape index (κ1) is 12.1. The van der Waals surface area contributed by atoms with Gasteiger partial charge in [-0.15, -0.1) is 0 Å². The molecule has 1 aromatic carbocycles. The third-order valence-electron chi connectivity index (χ3n) is 1.67. The van der Waals surface area contributed by atoms with Crippen LogP contribution in [0.3, 0.4) is 0 Å². The smallest absolute Gasteiger partial charge is 0.271 e. The zero-order valence-electron chi connectivity index (χ0n) is 8.10. The van der Waals surface area contributed by atoms with Crippen LogP contribution in [0.25, 0.3) is 0 Å². The molecular weight excluding hydrogens is 238 g/mol. The molecule has 0 N–H and O–H groups in total. The topological polar surface area (TPSA) is 52.4 Å². The number of nitro benzene ring substituents is 1. The van der Waals surface area contributed by atoms with Crippen LogP contribution in [0.4, 0.5) is 5.69 Å². The molecule has 0 unspecified atom stereocenters. The molecule has 0 saturated heterocycles. The van der Waals surface area contributed by atoms with E-state index in [1.54, 1.807) is 11.8 Å². The van der Waals surface area contributed by atoms with Gasteiger partial charge < -0.3 is 4.74 Å². The van der Waals surface area contributed by atoms with E-state index in [1.807, 2.05) is 6.26 Å². The molecule has 4 nitrogen and oxygen atoms in total. The molecule has 1 rings (SSSR count). The van der Waals surface area contributed by atoms with E-state index in [0.29, 0.717) is 12.4 Å². The average molecular weight is 248 g/mol. The maximum atomic E-state index is 10.4. The van der Waals surface area contributed by atoms with Crippen molar-refractivity contribution in [3.8, 4) is 5.75 Å². The summed E-state index contributed by atoms with van der Waals surface area (Å²) in [5.74, 6) is 1.34. The van der Waals surface area contributed by atoms with Crippen molar-refractivity contribution in [3.05, 3.63) is 33.3 Å². The van der Waals surface area contributed by atoms with Crippen molar-refractivity contribution in [2.45, 2.75) is 0 Å². The number of rotatable bonds is 5. The molecule has 0 aliphatic heterocycles. The van der Waals surface area contributed by atoms with Gasteiger partial charge in [-0.3, -0.25) is 10.1 Å². The molecule has 1 aromatic rings. The third kappa shape index (κ3) is 3.60.